The van der Waals surface area contributed by atoms with E-state index in [0.717, 1.165) is 19.1 Å². The fourth-order valence-electron chi connectivity index (χ4n) is 3.54. The Morgan fingerprint density at radius 1 is 1.00 bits per heavy atom. The molecule has 0 unspecified atom stereocenters. The van der Waals surface area contributed by atoms with Crippen LogP contribution in [0.25, 0.3) is 0 Å². The van der Waals surface area contributed by atoms with Crippen LogP contribution in [0.4, 0.5) is 0 Å². The van der Waals surface area contributed by atoms with Crippen LogP contribution in [0.1, 0.15) is 64.2 Å². The topological polar surface area (TPSA) is 21.3 Å². The summed E-state index contributed by atoms with van der Waals surface area (Å²) in [6.45, 7) is 2.06. The zero-order valence-corrected chi connectivity index (χ0v) is 11.5. The number of hydrogen-bond donors (Lipinski definition) is 1. The van der Waals surface area contributed by atoms with Crippen LogP contribution in [-0.4, -0.2) is 25.8 Å². The third kappa shape index (κ3) is 3.96. The minimum Gasteiger partial charge on any atom is -0.373 e. The molecule has 2 aliphatic rings. The van der Waals surface area contributed by atoms with Gasteiger partial charge in [-0.1, -0.05) is 38.5 Å². The third-order valence-electron chi connectivity index (χ3n) is 4.61. The minimum absolute atomic E-state index is 0.161. The number of nitrogens with one attached hydrogen (secondary N) is 1. The molecule has 0 aromatic carbocycles. The molecule has 0 amide bonds. The van der Waals surface area contributed by atoms with E-state index in [-0.39, 0.29) is 5.60 Å². The van der Waals surface area contributed by atoms with Crippen molar-refractivity contribution in [1.82, 2.24) is 5.32 Å². The average Bonchev–Trinajstić information content (AvgIpc) is 2.75. The maximum Gasteiger partial charge on any atom is 0.0806 e. The van der Waals surface area contributed by atoms with Gasteiger partial charge in [-0.3, -0.25) is 0 Å². The highest BCUT2D eigenvalue weighted by atomic mass is 16.5. The van der Waals surface area contributed by atoms with Gasteiger partial charge in [0.2, 0.25) is 0 Å². The van der Waals surface area contributed by atoms with Crippen LogP contribution in [0.15, 0.2) is 0 Å². The second-order valence-corrected chi connectivity index (χ2v) is 6.09. The molecular formula is C15H29NO. The van der Waals surface area contributed by atoms with Gasteiger partial charge in [-0.15, -0.1) is 0 Å². The summed E-state index contributed by atoms with van der Waals surface area (Å²) in [5, 5.41) is 3.36. The highest BCUT2D eigenvalue weighted by molar-refractivity contribution is 4.85. The van der Waals surface area contributed by atoms with Gasteiger partial charge in [0.05, 0.1) is 12.2 Å². The molecule has 0 radical (unpaired) electrons. The first-order valence-electron chi connectivity index (χ1n) is 7.63. The van der Waals surface area contributed by atoms with E-state index in [0.29, 0.717) is 0 Å². The van der Waals surface area contributed by atoms with Gasteiger partial charge in [-0.25, -0.2) is 0 Å². The van der Waals surface area contributed by atoms with Crippen molar-refractivity contribution >= 4 is 0 Å². The summed E-state index contributed by atoms with van der Waals surface area (Å²) in [6.07, 6.45) is 13.7. The van der Waals surface area contributed by atoms with E-state index in [1.54, 1.807) is 0 Å². The molecule has 0 aliphatic heterocycles. The predicted molar refractivity (Wildman–Crippen MR) is 72.3 cm³/mol. The molecule has 2 saturated carbocycles. The molecule has 0 saturated heterocycles. The van der Waals surface area contributed by atoms with Crippen molar-refractivity contribution in [3.05, 3.63) is 0 Å². The smallest absolute Gasteiger partial charge is 0.0806 e. The molecule has 100 valence electrons. The molecule has 2 rings (SSSR count). The average molecular weight is 239 g/mol. The van der Waals surface area contributed by atoms with Gasteiger partial charge >= 0.3 is 0 Å². The molecule has 2 fully saturated rings. The molecule has 0 bridgehead atoms. The lowest BCUT2D eigenvalue weighted by Crippen LogP contribution is -2.42. The van der Waals surface area contributed by atoms with Gasteiger partial charge in [0.1, 0.15) is 0 Å². The Morgan fingerprint density at radius 2 is 1.65 bits per heavy atom. The highest BCUT2D eigenvalue weighted by Gasteiger charge is 2.32. The fraction of sp³-hybridized carbons (Fsp3) is 1.00. The molecule has 1 N–H and O–H groups in total. The van der Waals surface area contributed by atoms with E-state index in [1.165, 1.54) is 64.2 Å². The quantitative estimate of drug-likeness (QED) is 0.741. The van der Waals surface area contributed by atoms with E-state index in [4.69, 9.17) is 4.74 Å². The van der Waals surface area contributed by atoms with Crippen LogP contribution in [0.5, 0.6) is 0 Å². The Bertz CT molecular complexity index is 203. The number of rotatable bonds is 5. The van der Waals surface area contributed by atoms with E-state index in [1.807, 2.05) is 0 Å². The van der Waals surface area contributed by atoms with Crippen LogP contribution >= 0.6 is 0 Å². The lowest BCUT2D eigenvalue weighted by atomic mass is 9.93. The van der Waals surface area contributed by atoms with E-state index < -0.39 is 0 Å². The zero-order valence-electron chi connectivity index (χ0n) is 11.5. The molecule has 0 atom stereocenters. The summed E-state index contributed by atoms with van der Waals surface area (Å²) in [5.41, 5.74) is 0.161. The van der Waals surface area contributed by atoms with Crippen LogP contribution in [0.2, 0.25) is 0 Å². The van der Waals surface area contributed by atoms with Crippen LogP contribution < -0.4 is 5.32 Å². The van der Waals surface area contributed by atoms with Gasteiger partial charge in [0.15, 0.2) is 0 Å². The number of likely N-dealkylation sites (N-methyl/N-ethyl adjacent to an activating group) is 1. The van der Waals surface area contributed by atoms with Gasteiger partial charge in [0.25, 0.3) is 0 Å². The van der Waals surface area contributed by atoms with Gasteiger partial charge in [-0.2, -0.15) is 0 Å². The Kier molecular flexibility index (Phi) is 5.30. The van der Waals surface area contributed by atoms with Crippen molar-refractivity contribution in [1.29, 1.82) is 0 Å². The molecule has 0 spiro atoms. The molecular weight excluding hydrogens is 210 g/mol. The maximum atomic E-state index is 6.41. The number of ether oxygens (including phenoxy) is 1. The second kappa shape index (κ2) is 6.75. The standard InChI is InChI=1S/C15H29NO/c1-16-13-15(10-6-2-3-7-11-15)17-12-14-8-4-5-9-14/h14,16H,2-13H2,1H3. The molecule has 2 nitrogen and oxygen atoms in total. The second-order valence-electron chi connectivity index (χ2n) is 6.09. The Hall–Kier alpha value is -0.0800. The minimum atomic E-state index is 0.161. The first kappa shape index (κ1) is 13.4. The summed E-state index contributed by atoms with van der Waals surface area (Å²) in [4.78, 5) is 0. The number of hydrogen-bond acceptors (Lipinski definition) is 2. The largest absolute Gasteiger partial charge is 0.373 e. The first-order valence-corrected chi connectivity index (χ1v) is 7.63. The predicted octanol–water partition coefficient (Wildman–Crippen LogP) is 3.51. The molecule has 0 aromatic rings. The van der Waals surface area contributed by atoms with Crippen molar-refractivity contribution in [3.8, 4) is 0 Å². The molecule has 2 heteroatoms. The molecule has 17 heavy (non-hydrogen) atoms. The molecule has 2 aliphatic carbocycles. The van der Waals surface area contributed by atoms with E-state index in [9.17, 15) is 0 Å². The van der Waals surface area contributed by atoms with Gasteiger partial charge < -0.3 is 10.1 Å². The lowest BCUT2D eigenvalue weighted by Gasteiger charge is -2.34. The van der Waals surface area contributed by atoms with Crippen LogP contribution in [0.3, 0.4) is 0 Å². The summed E-state index contributed by atoms with van der Waals surface area (Å²) in [7, 11) is 2.06. The van der Waals surface area contributed by atoms with Gasteiger partial charge in [-0.05, 0) is 38.6 Å². The Balaban J connectivity index is 1.84. The Morgan fingerprint density at radius 3 is 2.24 bits per heavy atom. The summed E-state index contributed by atoms with van der Waals surface area (Å²) in [5.74, 6) is 0.854. The Labute approximate surface area is 107 Å². The zero-order chi connectivity index (χ0) is 12.0. The van der Waals surface area contributed by atoms with Crippen molar-refractivity contribution in [2.75, 3.05) is 20.2 Å². The fourth-order valence-corrected chi connectivity index (χ4v) is 3.54. The van der Waals surface area contributed by atoms with Crippen LogP contribution in [-0.2, 0) is 4.74 Å². The van der Waals surface area contributed by atoms with E-state index >= 15 is 0 Å². The van der Waals surface area contributed by atoms with Crippen molar-refractivity contribution in [2.45, 2.75) is 69.8 Å². The summed E-state index contributed by atoms with van der Waals surface area (Å²) < 4.78 is 6.41. The monoisotopic (exact) mass is 239 g/mol. The first-order chi connectivity index (χ1) is 8.35. The van der Waals surface area contributed by atoms with Crippen molar-refractivity contribution in [3.63, 3.8) is 0 Å². The lowest BCUT2D eigenvalue weighted by molar-refractivity contribution is -0.0676. The maximum absolute atomic E-state index is 6.41. The van der Waals surface area contributed by atoms with Crippen LogP contribution in [0, 0.1) is 5.92 Å². The SMILES string of the molecule is CNCC1(OCC2CCCC2)CCCCCC1. The van der Waals surface area contributed by atoms with Crippen molar-refractivity contribution < 1.29 is 4.74 Å². The third-order valence-corrected chi connectivity index (χ3v) is 4.61. The van der Waals surface area contributed by atoms with Crippen molar-refractivity contribution in [2.24, 2.45) is 5.92 Å². The van der Waals surface area contributed by atoms with E-state index in [2.05, 4.69) is 12.4 Å². The molecule has 0 aromatic heterocycles. The van der Waals surface area contributed by atoms with Gasteiger partial charge in [0, 0.05) is 6.54 Å². The summed E-state index contributed by atoms with van der Waals surface area (Å²) in [6, 6.07) is 0. The summed E-state index contributed by atoms with van der Waals surface area (Å²) >= 11 is 0. The highest BCUT2D eigenvalue weighted by Crippen LogP contribution is 2.33. The normalized spacial score (nSPS) is 25.9. The molecule has 0 heterocycles.